The van der Waals surface area contributed by atoms with E-state index >= 15 is 0 Å². The lowest BCUT2D eigenvalue weighted by molar-refractivity contribution is -0.0907. The van der Waals surface area contributed by atoms with Crippen molar-refractivity contribution in [1.82, 2.24) is 9.62 Å². The first-order valence-electron chi connectivity index (χ1n) is 13.7. The Labute approximate surface area is 243 Å². The Hall–Kier alpha value is -2.31. The van der Waals surface area contributed by atoms with Crippen LogP contribution in [0.4, 0.5) is 4.79 Å². The summed E-state index contributed by atoms with van der Waals surface area (Å²) in [6.07, 6.45) is -1.66. The predicted molar refractivity (Wildman–Crippen MR) is 153 cm³/mol. The summed E-state index contributed by atoms with van der Waals surface area (Å²) in [5, 5.41) is 14.2. The van der Waals surface area contributed by atoms with Gasteiger partial charge >= 0.3 is 6.09 Å². The van der Waals surface area contributed by atoms with E-state index in [1.54, 1.807) is 0 Å². The van der Waals surface area contributed by atoms with Gasteiger partial charge in [-0.15, -0.1) is 0 Å². The van der Waals surface area contributed by atoms with E-state index in [-0.39, 0.29) is 64.3 Å². The first-order chi connectivity index (χ1) is 19.7. The molecule has 2 saturated heterocycles. The van der Waals surface area contributed by atoms with Crippen molar-refractivity contribution in [2.75, 3.05) is 32.7 Å². The number of aliphatic hydroxyl groups excluding tert-OH is 1. The highest BCUT2D eigenvalue weighted by atomic mass is 32.2. The van der Waals surface area contributed by atoms with Gasteiger partial charge in [0.25, 0.3) is 0 Å². The van der Waals surface area contributed by atoms with E-state index < -0.39 is 34.4 Å². The van der Waals surface area contributed by atoms with E-state index in [1.165, 1.54) is 28.6 Å². The number of carbonyl (C=O) groups is 1. The average molecular weight is 611 g/mol. The number of hydrogen-bond donors (Lipinski definition) is 3. The molecule has 1 unspecified atom stereocenters. The number of nitrogens with zero attached hydrogens (tertiary/aromatic N) is 1. The summed E-state index contributed by atoms with van der Waals surface area (Å²) >= 11 is 0. The lowest BCUT2D eigenvalue weighted by Crippen LogP contribution is -2.51. The minimum absolute atomic E-state index is 0.0282. The molecule has 0 saturated carbocycles. The van der Waals surface area contributed by atoms with Gasteiger partial charge in [-0.1, -0.05) is 44.2 Å². The molecule has 0 radical (unpaired) electrons. The minimum Gasteiger partial charge on any atom is -0.487 e. The molecule has 3 N–H and O–H groups in total. The van der Waals surface area contributed by atoms with Crippen LogP contribution < -0.4 is 10.1 Å². The topological polar surface area (TPSA) is 144 Å². The van der Waals surface area contributed by atoms with E-state index in [9.17, 15) is 18.3 Å². The van der Waals surface area contributed by atoms with Crippen LogP contribution >= 0.6 is 8.81 Å². The number of hydrogen-bond acceptors (Lipinski definition) is 9. The zero-order valence-corrected chi connectivity index (χ0v) is 25.0. The van der Waals surface area contributed by atoms with Crippen molar-refractivity contribution in [3.8, 4) is 5.75 Å². The minimum atomic E-state index is -4.00. The number of sulfonamides is 1. The molecule has 2 fully saturated rings. The van der Waals surface area contributed by atoms with Gasteiger partial charge in [0.1, 0.15) is 18.2 Å². The molecule has 13 heteroatoms. The predicted octanol–water partition coefficient (Wildman–Crippen LogP) is 2.72. The van der Waals surface area contributed by atoms with E-state index in [2.05, 4.69) is 5.32 Å². The van der Waals surface area contributed by atoms with Gasteiger partial charge in [-0.2, -0.15) is 4.31 Å². The summed E-state index contributed by atoms with van der Waals surface area (Å²) < 4.78 is 50.7. The molecule has 2 aromatic rings. The second-order valence-electron chi connectivity index (χ2n) is 10.6. The van der Waals surface area contributed by atoms with Crippen molar-refractivity contribution in [1.29, 1.82) is 0 Å². The molecular weight excluding hydrogens is 571 g/mol. The van der Waals surface area contributed by atoms with Crippen LogP contribution in [-0.2, 0) is 30.7 Å². The van der Waals surface area contributed by atoms with Crippen molar-refractivity contribution in [3.05, 3.63) is 60.2 Å². The van der Waals surface area contributed by atoms with Gasteiger partial charge in [0, 0.05) is 21.9 Å². The molecule has 11 nitrogen and oxygen atoms in total. The van der Waals surface area contributed by atoms with Crippen molar-refractivity contribution < 1.29 is 42.2 Å². The standard InChI is InChI=1S/C28H39N2O9PS/c1-19(2)15-30(41(34,35)22-10-8-21(9-11-22)38-18-40-33)16-25(31)24(14-20-6-4-3-5-7-20)29-28(32)39-26-17-37-27-23(26)12-13-36-27/h3-11,19,23-27,31,33,40H,12-18H2,1-2H3,(H,29,32)/t23-,24-,25+,26-,27+/m0/s1. The molecule has 2 aliphatic rings. The second-order valence-corrected chi connectivity index (χ2v) is 13.2. The number of alkyl carbamates (subject to hydrolysis) is 1. The fourth-order valence-corrected chi connectivity index (χ4v) is 6.86. The Bertz CT molecular complexity index is 1220. The first-order valence-corrected chi connectivity index (χ1v) is 16.3. The fourth-order valence-electron chi connectivity index (χ4n) is 5.01. The summed E-state index contributed by atoms with van der Waals surface area (Å²) in [6, 6.07) is 14.4. The zero-order valence-electron chi connectivity index (χ0n) is 23.2. The van der Waals surface area contributed by atoms with Gasteiger partial charge in [-0.25, -0.2) is 13.2 Å². The third kappa shape index (κ3) is 8.61. The Balaban J connectivity index is 1.49. The lowest BCUT2D eigenvalue weighted by atomic mass is 10.0. The average Bonchev–Trinajstić information content (AvgIpc) is 3.57. The summed E-state index contributed by atoms with van der Waals surface area (Å²) in [7, 11) is -4.38. The molecular formula is C28H39N2O9PS. The van der Waals surface area contributed by atoms with Crippen LogP contribution in [0.1, 0.15) is 25.8 Å². The summed E-state index contributed by atoms with van der Waals surface area (Å²) in [5.74, 6) is 0.375. The monoisotopic (exact) mass is 610 g/mol. The molecule has 0 aliphatic carbocycles. The normalized spacial score (nSPS) is 22.2. The molecule has 4 rings (SSSR count). The Morgan fingerprint density at radius 2 is 1.85 bits per heavy atom. The number of aliphatic hydroxyl groups is 1. The van der Waals surface area contributed by atoms with E-state index in [0.29, 0.717) is 12.4 Å². The molecule has 6 atom stereocenters. The van der Waals surface area contributed by atoms with Crippen LogP contribution in [0.3, 0.4) is 0 Å². The number of amides is 1. The molecule has 2 aliphatic heterocycles. The quantitative estimate of drug-likeness (QED) is 0.275. The third-order valence-corrected chi connectivity index (χ3v) is 9.15. The van der Waals surface area contributed by atoms with Gasteiger partial charge in [0.15, 0.2) is 6.29 Å². The lowest BCUT2D eigenvalue weighted by Gasteiger charge is -2.31. The smallest absolute Gasteiger partial charge is 0.407 e. The zero-order chi connectivity index (χ0) is 29.4. The van der Waals surface area contributed by atoms with Crippen LogP contribution in [0, 0.1) is 11.8 Å². The molecule has 0 bridgehead atoms. The van der Waals surface area contributed by atoms with Crippen LogP contribution in [0.2, 0.25) is 0 Å². The maximum atomic E-state index is 13.7. The molecule has 2 aromatic carbocycles. The molecule has 41 heavy (non-hydrogen) atoms. The summed E-state index contributed by atoms with van der Waals surface area (Å²) in [4.78, 5) is 22.0. The number of rotatable bonds is 14. The molecule has 1 amide bonds. The molecule has 2 heterocycles. The van der Waals surface area contributed by atoms with Crippen LogP contribution in [0.5, 0.6) is 5.75 Å². The van der Waals surface area contributed by atoms with Crippen molar-refractivity contribution in [3.63, 3.8) is 0 Å². The largest absolute Gasteiger partial charge is 0.487 e. The van der Waals surface area contributed by atoms with Gasteiger partial charge in [0.05, 0.1) is 36.2 Å². The SMILES string of the molecule is CC(C)CN(C[C@@H](O)[C@H](Cc1ccccc1)NC(=O)O[C@H]1CO[C@H]2OCC[C@H]21)S(=O)(=O)c1ccc(OCPO)cc1. The summed E-state index contributed by atoms with van der Waals surface area (Å²) in [5.41, 5.74) is 0.864. The van der Waals surface area contributed by atoms with E-state index in [4.69, 9.17) is 23.8 Å². The van der Waals surface area contributed by atoms with Crippen molar-refractivity contribution in [2.24, 2.45) is 11.8 Å². The number of benzene rings is 2. The number of nitrogens with one attached hydrogen (secondary N) is 1. The number of fused-ring (bicyclic) bond motifs is 1. The maximum absolute atomic E-state index is 13.7. The van der Waals surface area contributed by atoms with Crippen molar-refractivity contribution >= 4 is 24.9 Å². The van der Waals surface area contributed by atoms with Crippen LogP contribution in [-0.4, -0.2) is 86.0 Å². The third-order valence-electron chi connectivity index (χ3n) is 7.03. The second kappa shape index (κ2) is 14.7. The molecule has 226 valence electrons. The fraction of sp³-hybridized carbons (Fsp3) is 0.536. The Kier molecular flexibility index (Phi) is 11.4. The van der Waals surface area contributed by atoms with Gasteiger partial charge in [0.2, 0.25) is 10.0 Å². The first kappa shape index (κ1) is 31.6. The van der Waals surface area contributed by atoms with Gasteiger partial charge in [-0.3, -0.25) is 0 Å². The molecule has 0 spiro atoms. The summed E-state index contributed by atoms with van der Waals surface area (Å²) in [6.45, 7) is 4.48. The van der Waals surface area contributed by atoms with Gasteiger partial charge < -0.3 is 34.3 Å². The number of ether oxygens (including phenoxy) is 4. The van der Waals surface area contributed by atoms with Crippen molar-refractivity contribution in [2.45, 2.75) is 56.1 Å². The number of carbonyl (C=O) groups excluding carboxylic acids is 1. The molecule has 0 aromatic heterocycles. The maximum Gasteiger partial charge on any atom is 0.407 e. The van der Waals surface area contributed by atoms with E-state index in [1.807, 2.05) is 44.2 Å². The van der Waals surface area contributed by atoms with E-state index in [0.717, 1.165) is 12.0 Å². The highest BCUT2D eigenvalue weighted by Gasteiger charge is 2.44. The van der Waals surface area contributed by atoms with Gasteiger partial charge in [-0.05, 0) is 48.6 Å². The van der Waals surface area contributed by atoms with Crippen LogP contribution in [0.25, 0.3) is 0 Å². The Morgan fingerprint density at radius 3 is 2.54 bits per heavy atom. The Morgan fingerprint density at radius 1 is 1.12 bits per heavy atom. The highest BCUT2D eigenvalue weighted by Crippen LogP contribution is 2.33. The highest BCUT2D eigenvalue weighted by molar-refractivity contribution is 7.89. The van der Waals surface area contributed by atoms with Crippen LogP contribution in [0.15, 0.2) is 59.5 Å².